The molecule has 6 heteroatoms. The Kier molecular flexibility index (Phi) is 4.09. The third kappa shape index (κ3) is 2.99. The van der Waals surface area contributed by atoms with Crippen LogP contribution in [0.2, 0.25) is 5.02 Å². The van der Waals surface area contributed by atoms with Crippen molar-refractivity contribution in [3.8, 4) is 0 Å². The van der Waals surface area contributed by atoms with Gasteiger partial charge in [-0.25, -0.2) is 17.6 Å². The summed E-state index contributed by atoms with van der Waals surface area (Å²) in [6, 6.07) is 4.77. The first-order valence-corrected chi connectivity index (χ1v) is 5.88. The van der Waals surface area contributed by atoms with Gasteiger partial charge < -0.3 is 0 Å². The number of carbonyl (C=O) groups is 1. The summed E-state index contributed by atoms with van der Waals surface area (Å²) in [5, 5.41) is 0.227. The van der Waals surface area contributed by atoms with Gasteiger partial charge in [-0.1, -0.05) is 11.6 Å². The van der Waals surface area contributed by atoms with Crippen LogP contribution in [-0.2, 0) is 6.42 Å². The molecule has 1 nitrogen and oxygen atoms in total. The van der Waals surface area contributed by atoms with E-state index < -0.39 is 35.5 Å². The fourth-order valence-electron chi connectivity index (χ4n) is 1.67. The lowest BCUT2D eigenvalue weighted by atomic mass is 10.0. The zero-order valence-electron chi connectivity index (χ0n) is 9.89. The molecule has 0 amide bonds. The van der Waals surface area contributed by atoms with E-state index in [1.54, 1.807) is 0 Å². The van der Waals surface area contributed by atoms with Crippen molar-refractivity contribution >= 4 is 17.4 Å². The molecule has 0 saturated heterocycles. The topological polar surface area (TPSA) is 17.1 Å². The second-order valence-electron chi connectivity index (χ2n) is 4.09. The van der Waals surface area contributed by atoms with Gasteiger partial charge in [0.15, 0.2) is 23.2 Å². The molecule has 2 aromatic carbocycles. The maximum absolute atomic E-state index is 13.4. The lowest BCUT2D eigenvalue weighted by Gasteiger charge is -2.05. The Labute approximate surface area is 116 Å². The average Bonchev–Trinajstić information content (AvgIpc) is 2.39. The van der Waals surface area contributed by atoms with Crippen LogP contribution in [-0.4, -0.2) is 5.78 Å². The fraction of sp³-hybridized carbons (Fsp3) is 0.0714. The Bertz CT molecular complexity index is 662. The molecular formula is C14H7ClF4O. The van der Waals surface area contributed by atoms with Crippen LogP contribution in [0.5, 0.6) is 0 Å². The molecular weight excluding hydrogens is 296 g/mol. The number of hydrogen-bond donors (Lipinski definition) is 0. The molecule has 0 aromatic heterocycles. The fourth-order valence-corrected chi connectivity index (χ4v) is 1.87. The standard InChI is InChI=1S/C14H7ClF4O/c15-9-1-2-10(16)7(3-9)6-13(20)8-4-11(17)14(19)12(18)5-8/h1-5H,6H2. The minimum atomic E-state index is -1.66. The van der Waals surface area contributed by atoms with Crippen molar-refractivity contribution in [2.45, 2.75) is 6.42 Å². The zero-order valence-corrected chi connectivity index (χ0v) is 10.6. The summed E-state index contributed by atoms with van der Waals surface area (Å²) in [5.41, 5.74) is -0.381. The van der Waals surface area contributed by atoms with Crippen LogP contribution in [0.25, 0.3) is 0 Å². The maximum Gasteiger partial charge on any atom is 0.194 e. The molecule has 0 heterocycles. The van der Waals surface area contributed by atoms with E-state index in [1.165, 1.54) is 12.1 Å². The minimum absolute atomic E-state index is 0.00681. The van der Waals surface area contributed by atoms with Crippen LogP contribution < -0.4 is 0 Å². The van der Waals surface area contributed by atoms with E-state index in [9.17, 15) is 22.4 Å². The Morgan fingerprint density at radius 2 is 1.55 bits per heavy atom. The van der Waals surface area contributed by atoms with Crippen LogP contribution in [0.3, 0.4) is 0 Å². The normalized spacial score (nSPS) is 10.7. The molecule has 0 unspecified atom stereocenters. The van der Waals surface area contributed by atoms with E-state index >= 15 is 0 Å². The molecule has 0 saturated carbocycles. The summed E-state index contributed by atoms with van der Waals surface area (Å²) < 4.78 is 52.3. The van der Waals surface area contributed by atoms with Crippen molar-refractivity contribution in [2.75, 3.05) is 0 Å². The third-order valence-corrected chi connectivity index (χ3v) is 2.90. The van der Waals surface area contributed by atoms with E-state index in [0.29, 0.717) is 12.1 Å². The van der Waals surface area contributed by atoms with Gasteiger partial charge in [0.2, 0.25) is 0 Å². The summed E-state index contributed by atoms with van der Waals surface area (Å²) in [5.74, 6) is -6.01. The zero-order chi connectivity index (χ0) is 14.9. The van der Waals surface area contributed by atoms with Crippen molar-refractivity contribution in [1.82, 2.24) is 0 Å². The summed E-state index contributed by atoms with van der Waals surface area (Å²) in [6.07, 6.45) is -0.434. The van der Waals surface area contributed by atoms with Crippen molar-refractivity contribution in [1.29, 1.82) is 0 Å². The number of rotatable bonds is 3. The second kappa shape index (κ2) is 5.63. The summed E-state index contributed by atoms with van der Waals surface area (Å²) in [7, 11) is 0. The Hall–Kier alpha value is -1.88. The van der Waals surface area contributed by atoms with E-state index in [-0.39, 0.29) is 16.1 Å². The molecule has 0 spiro atoms. The smallest absolute Gasteiger partial charge is 0.194 e. The quantitative estimate of drug-likeness (QED) is 0.469. The van der Waals surface area contributed by atoms with E-state index in [1.807, 2.05) is 0 Å². The third-order valence-electron chi connectivity index (χ3n) is 2.66. The predicted molar refractivity (Wildman–Crippen MR) is 65.8 cm³/mol. The van der Waals surface area contributed by atoms with Crippen molar-refractivity contribution < 1.29 is 22.4 Å². The first-order valence-electron chi connectivity index (χ1n) is 5.50. The van der Waals surface area contributed by atoms with E-state index in [2.05, 4.69) is 0 Å². The number of ketones is 1. The molecule has 0 aliphatic carbocycles. The van der Waals surface area contributed by atoms with Gasteiger partial charge in [0, 0.05) is 17.0 Å². The van der Waals surface area contributed by atoms with Gasteiger partial charge in [-0.3, -0.25) is 4.79 Å². The summed E-state index contributed by atoms with van der Waals surface area (Å²) in [6.45, 7) is 0. The molecule has 0 aliphatic rings. The molecule has 0 aliphatic heterocycles. The second-order valence-corrected chi connectivity index (χ2v) is 4.53. The number of carbonyl (C=O) groups excluding carboxylic acids is 1. The summed E-state index contributed by atoms with van der Waals surface area (Å²) in [4.78, 5) is 11.8. The van der Waals surface area contributed by atoms with Crippen LogP contribution in [0.1, 0.15) is 15.9 Å². The molecule has 0 bridgehead atoms. The predicted octanol–water partition coefficient (Wildman–Crippen LogP) is 4.32. The van der Waals surface area contributed by atoms with Crippen LogP contribution >= 0.6 is 11.6 Å². The molecule has 0 atom stereocenters. The Balaban J connectivity index is 2.31. The molecule has 2 aromatic rings. The van der Waals surface area contributed by atoms with Crippen molar-refractivity contribution in [3.63, 3.8) is 0 Å². The SMILES string of the molecule is O=C(Cc1cc(Cl)ccc1F)c1cc(F)c(F)c(F)c1. The molecule has 0 radical (unpaired) electrons. The largest absolute Gasteiger partial charge is 0.294 e. The first-order chi connectivity index (χ1) is 9.38. The highest BCUT2D eigenvalue weighted by Crippen LogP contribution is 2.19. The van der Waals surface area contributed by atoms with Gasteiger partial charge in [-0.2, -0.15) is 0 Å². The average molecular weight is 303 g/mol. The van der Waals surface area contributed by atoms with Gasteiger partial charge in [0.05, 0.1) is 0 Å². The molecule has 104 valence electrons. The molecule has 0 N–H and O–H groups in total. The van der Waals surface area contributed by atoms with E-state index in [0.717, 1.165) is 6.07 Å². The van der Waals surface area contributed by atoms with Crippen molar-refractivity contribution in [2.24, 2.45) is 0 Å². The highest BCUT2D eigenvalue weighted by molar-refractivity contribution is 6.30. The Morgan fingerprint density at radius 3 is 2.15 bits per heavy atom. The monoisotopic (exact) mass is 302 g/mol. The van der Waals surface area contributed by atoms with Gasteiger partial charge >= 0.3 is 0 Å². The maximum atomic E-state index is 13.4. The van der Waals surface area contributed by atoms with Crippen LogP contribution in [0.15, 0.2) is 30.3 Å². The van der Waals surface area contributed by atoms with Gasteiger partial charge in [-0.15, -0.1) is 0 Å². The number of hydrogen-bond acceptors (Lipinski definition) is 1. The molecule has 0 fully saturated rings. The molecule has 2 rings (SSSR count). The first kappa shape index (κ1) is 14.5. The highest BCUT2D eigenvalue weighted by atomic mass is 35.5. The lowest BCUT2D eigenvalue weighted by molar-refractivity contribution is 0.0990. The number of halogens is 5. The number of Topliss-reactive ketones (excluding diaryl/α,β-unsaturated/α-hetero) is 1. The lowest BCUT2D eigenvalue weighted by Crippen LogP contribution is -2.07. The summed E-state index contributed by atoms with van der Waals surface area (Å²) >= 11 is 5.67. The van der Waals surface area contributed by atoms with E-state index in [4.69, 9.17) is 11.6 Å². The van der Waals surface area contributed by atoms with Gasteiger partial charge in [0.1, 0.15) is 5.82 Å². The molecule has 20 heavy (non-hydrogen) atoms. The Morgan fingerprint density at radius 1 is 0.950 bits per heavy atom. The van der Waals surface area contributed by atoms with Crippen LogP contribution in [0.4, 0.5) is 17.6 Å². The number of benzene rings is 2. The van der Waals surface area contributed by atoms with Gasteiger partial charge in [-0.05, 0) is 35.9 Å². The van der Waals surface area contributed by atoms with Crippen LogP contribution in [0, 0.1) is 23.3 Å². The van der Waals surface area contributed by atoms with Gasteiger partial charge in [0.25, 0.3) is 0 Å². The van der Waals surface area contributed by atoms with Crippen molar-refractivity contribution in [3.05, 3.63) is 69.8 Å². The minimum Gasteiger partial charge on any atom is -0.294 e. The highest BCUT2D eigenvalue weighted by Gasteiger charge is 2.16.